The number of ether oxygens (including phenoxy) is 1. The Hall–Kier alpha value is -3.84. The molecule has 0 saturated heterocycles. The van der Waals surface area contributed by atoms with E-state index in [1.807, 2.05) is 18.2 Å². The number of carbonyl (C=O) groups is 2. The molecule has 1 amide bonds. The van der Waals surface area contributed by atoms with Gasteiger partial charge in [0.1, 0.15) is 5.75 Å². The Morgan fingerprint density at radius 3 is 2.75 bits per heavy atom. The minimum absolute atomic E-state index is 0.0336. The molecule has 1 aromatic heterocycles. The van der Waals surface area contributed by atoms with Crippen molar-refractivity contribution in [3.8, 4) is 16.9 Å². The van der Waals surface area contributed by atoms with Gasteiger partial charge in [0.2, 0.25) is 0 Å². The number of carboxylic acid groups (broad SMARTS) is 1. The second kappa shape index (κ2) is 8.99. The Balaban J connectivity index is 1.48. The summed E-state index contributed by atoms with van der Waals surface area (Å²) in [6, 6.07) is 14.3. The van der Waals surface area contributed by atoms with Gasteiger partial charge in [0.15, 0.2) is 0 Å². The quantitative estimate of drug-likeness (QED) is 0.321. The maximum Gasteiger partial charge on any atom is 0.303 e. The number of aliphatic hydroxyl groups excluding tert-OH is 1. The molecule has 0 spiro atoms. The van der Waals surface area contributed by atoms with Gasteiger partial charge < -0.3 is 24.8 Å². The predicted molar refractivity (Wildman–Crippen MR) is 138 cm³/mol. The molecule has 3 aromatic carbocycles. The maximum absolute atomic E-state index is 13.2. The zero-order chi connectivity index (χ0) is 24.8. The van der Waals surface area contributed by atoms with Crippen LogP contribution in [0, 0.1) is 0 Å². The number of carboxylic acids is 1. The molecule has 7 nitrogen and oxygen atoms in total. The fourth-order valence-electron chi connectivity index (χ4n) is 5.96. The predicted octanol–water partition coefficient (Wildman–Crippen LogP) is 4.43. The maximum atomic E-state index is 13.2. The normalized spacial score (nSPS) is 14.0. The van der Waals surface area contributed by atoms with Gasteiger partial charge in [-0.3, -0.25) is 9.59 Å². The molecule has 0 fully saturated rings. The third-order valence-electron chi connectivity index (χ3n) is 7.43. The molecule has 0 saturated carbocycles. The van der Waals surface area contributed by atoms with E-state index in [-0.39, 0.29) is 18.9 Å². The van der Waals surface area contributed by atoms with Gasteiger partial charge in [0.05, 0.1) is 24.3 Å². The highest BCUT2D eigenvalue weighted by molar-refractivity contribution is 6.19. The van der Waals surface area contributed by atoms with Crippen molar-refractivity contribution in [2.24, 2.45) is 0 Å². The van der Waals surface area contributed by atoms with E-state index >= 15 is 0 Å². The SMILES string of the molecule is O=C(O)CCCCOc1ccc2c(c1)CCc1c-2c2c(c3c4ccccc4n(CCO)c13)CNC2=O. The molecule has 3 N–H and O–H groups in total. The number of benzene rings is 3. The molecule has 0 bridgehead atoms. The molecule has 1 aliphatic heterocycles. The molecule has 184 valence electrons. The molecular formula is C29H28N2O5. The lowest BCUT2D eigenvalue weighted by molar-refractivity contribution is -0.137. The van der Waals surface area contributed by atoms with Crippen LogP contribution in [0.15, 0.2) is 42.5 Å². The Labute approximate surface area is 208 Å². The number of rotatable bonds is 8. The highest BCUT2D eigenvalue weighted by atomic mass is 16.5. The second-order valence-corrected chi connectivity index (χ2v) is 9.52. The number of nitrogens with one attached hydrogen (secondary N) is 1. The number of carbonyl (C=O) groups excluding carboxylic acids is 1. The number of aliphatic carboxylic acids is 1. The summed E-state index contributed by atoms with van der Waals surface area (Å²) in [5.41, 5.74) is 8.39. The summed E-state index contributed by atoms with van der Waals surface area (Å²) in [5, 5.41) is 24.0. The molecule has 2 aliphatic rings. The summed E-state index contributed by atoms with van der Waals surface area (Å²) in [6.45, 7) is 1.51. The average Bonchev–Trinajstić information content (AvgIpc) is 3.42. The van der Waals surface area contributed by atoms with Crippen molar-refractivity contribution in [3.63, 3.8) is 0 Å². The lowest BCUT2D eigenvalue weighted by atomic mass is 9.80. The lowest BCUT2D eigenvalue weighted by Gasteiger charge is -2.25. The van der Waals surface area contributed by atoms with E-state index in [4.69, 9.17) is 9.84 Å². The van der Waals surface area contributed by atoms with Gasteiger partial charge in [0, 0.05) is 41.4 Å². The van der Waals surface area contributed by atoms with Crippen molar-refractivity contribution in [2.75, 3.05) is 13.2 Å². The van der Waals surface area contributed by atoms with Crippen molar-refractivity contribution >= 4 is 33.7 Å². The fraction of sp³-hybridized carbons (Fsp3) is 0.310. The molecule has 2 heterocycles. The number of amides is 1. The summed E-state index contributed by atoms with van der Waals surface area (Å²) < 4.78 is 8.13. The van der Waals surface area contributed by atoms with Crippen molar-refractivity contribution in [1.29, 1.82) is 0 Å². The smallest absolute Gasteiger partial charge is 0.303 e. The van der Waals surface area contributed by atoms with Crippen LogP contribution in [0.4, 0.5) is 0 Å². The van der Waals surface area contributed by atoms with Crippen molar-refractivity contribution in [1.82, 2.24) is 9.88 Å². The Morgan fingerprint density at radius 2 is 1.92 bits per heavy atom. The summed E-state index contributed by atoms with van der Waals surface area (Å²) in [6.07, 6.45) is 3.05. The van der Waals surface area contributed by atoms with Gasteiger partial charge in [-0.1, -0.05) is 24.3 Å². The van der Waals surface area contributed by atoms with Gasteiger partial charge in [-0.05, 0) is 66.1 Å². The third kappa shape index (κ3) is 3.54. The zero-order valence-corrected chi connectivity index (χ0v) is 20.0. The van der Waals surface area contributed by atoms with Gasteiger partial charge in [-0.15, -0.1) is 0 Å². The first-order chi connectivity index (χ1) is 17.6. The molecule has 0 radical (unpaired) electrons. The third-order valence-corrected chi connectivity index (χ3v) is 7.43. The number of aliphatic hydroxyl groups is 1. The number of aromatic nitrogens is 1. The van der Waals surface area contributed by atoms with E-state index in [2.05, 4.69) is 34.1 Å². The molecule has 0 unspecified atom stereocenters. The van der Waals surface area contributed by atoms with Crippen LogP contribution in [-0.2, 0) is 30.7 Å². The molecule has 0 atom stereocenters. The largest absolute Gasteiger partial charge is 0.494 e. The number of aryl methyl sites for hydroxylation is 2. The van der Waals surface area contributed by atoms with Crippen molar-refractivity contribution in [2.45, 2.75) is 45.2 Å². The minimum atomic E-state index is -0.786. The van der Waals surface area contributed by atoms with Crippen molar-refractivity contribution < 1.29 is 24.5 Å². The average molecular weight is 485 g/mol. The van der Waals surface area contributed by atoms with E-state index < -0.39 is 5.97 Å². The molecular weight excluding hydrogens is 456 g/mol. The zero-order valence-electron chi connectivity index (χ0n) is 20.0. The molecule has 1 aliphatic carbocycles. The Kier molecular flexibility index (Phi) is 5.64. The summed E-state index contributed by atoms with van der Waals surface area (Å²) >= 11 is 0. The number of hydrogen-bond donors (Lipinski definition) is 3. The Morgan fingerprint density at radius 1 is 1.06 bits per heavy atom. The highest BCUT2D eigenvalue weighted by Crippen LogP contribution is 2.47. The van der Waals surface area contributed by atoms with Gasteiger partial charge in [-0.25, -0.2) is 0 Å². The molecule has 36 heavy (non-hydrogen) atoms. The lowest BCUT2D eigenvalue weighted by Crippen LogP contribution is -2.16. The first-order valence-corrected chi connectivity index (χ1v) is 12.5. The van der Waals surface area contributed by atoms with Crippen LogP contribution < -0.4 is 10.1 Å². The topological polar surface area (TPSA) is 101 Å². The number of para-hydroxylation sites is 1. The van der Waals surface area contributed by atoms with Crippen LogP contribution in [0.3, 0.4) is 0 Å². The summed E-state index contributed by atoms with van der Waals surface area (Å²) in [7, 11) is 0. The number of nitrogens with zero attached hydrogens (tertiary/aromatic N) is 1. The van der Waals surface area contributed by atoms with Crippen LogP contribution in [-0.4, -0.2) is 39.9 Å². The summed E-state index contributed by atoms with van der Waals surface area (Å²) in [4.78, 5) is 23.9. The monoisotopic (exact) mass is 484 g/mol. The van der Waals surface area contributed by atoms with E-state index in [0.717, 1.165) is 68.2 Å². The fourth-order valence-corrected chi connectivity index (χ4v) is 5.96. The standard InChI is InChI=1S/C29H28N2O5/c32-13-12-31-23-6-2-1-5-20(23)26-22-16-30-29(35)27(22)25-19-11-9-18(36-14-4-3-7-24(33)34)15-17(19)8-10-21(25)28(26)31/h1-2,5-6,9,11,15,32H,3-4,7-8,10,12-14,16H2,(H,30,35)(H,33,34). The van der Waals surface area contributed by atoms with Gasteiger partial charge in [0.25, 0.3) is 5.91 Å². The second-order valence-electron chi connectivity index (χ2n) is 9.52. The van der Waals surface area contributed by atoms with E-state index in [1.165, 1.54) is 5.56 Å². The molecule has 6 rings (SSSR count). The van der Waals surface area contributed by atoms with Crippen LogP contribution in [0.1, 0.15) is 46.3 Å². The number of unbranched alkanes of at least 4 members (excludes halogenated alkanes) is 1. The first-order valence-electron chi connectivity index (χ1n) is 12.5. The van der Waals surface area contributed by atoms with Gasteiger partial charge >= 0.3 is 5.97 Å². The minimum Gasteiger partial charge on any atom is -0.494 e. The molecule has 7 heteroatoms. The van der Waals surface area contributed by atoms with E-state index in [1.54, 1.807) is 0 Å². The number of hydrogen-bond acceptors (Lipinski definition) is 4. The number of fused-ring (bicyclic) bond motifs is 10. The van der Waals surface area contributed by atoms with Crippen molar-refractivity contribution in [3.05, 3.63) is 64.7 Å². The van der Waals surface area contributed by atoms with Crippen LogP contribution in [0.25, 0.3) is 32.9 Å². The van der Waals surface area contributed by atoms with E-state index in [9.17, 15) is 14.7 Å². The van der Waals surface area contributed by atoms with Gasteiger partial charge in [-0.2, -0.15) is 0 Å². The first kappa shape index (κ1) is 22.6. The van der Waals surface area contributed by atoms with Crippen LogP contribution >= 0.6 is 0 Å². The Bertz CT molecular complexity index is 1530. The molecule has 4 aromatic rings. The highest BCUT2D eigenvalue weighted by Gasteiger charge is 2.34. The summed E-state index contributed by atoms with van der Waals surface area (Å²) in [5.74, 6) is -0.0519. The van der Waals surface area contributed by atoms with Crippen LogP contribution in [0.5, 0.6) is 5.75 Å². The van der Waals surface area contributed by atoms with E-state index in [0.29, 0.717) is 32.5 Å². The van der Waals surface area contributed by atoms with Crippen LogP contribution in [0.2, 0.25) is 0 Å².